The number of hydrogen-bond donors (Lipinski definition) is 1. The lowest BCUT2D eigenvalue weighted by molar-refractivity contribution is -0.141. The summed E-state index contributed by atoms with van der Waals surface area (Å²) in [6, 6.07) is 5.42. The smallest absolute Gasteiger partial charge is 0.308 e. The Hall–Kier alpha value is -1.91. The molecule has 1 unspecified atom stereocenters. The molecule has 1 aromatic heterocycles. The average molecular weight is 234 g/mol. The second-order valence-corrected chi connectivity index (χ2v) is 4.16. The first kappa shape index (κ1) is 11.6. The maximum Gasteiger partial charge on any atom is 0.308 e. The van der Waals surface area contributed by atoms with Crippen molar-refractivity contribution >= 4 is 11.9 Å². The minimum atomic E-state index is -0.821. The minimum absolute atomic E-state index is 0.0487. The fourth-order valence-electron chi connectivity index (χ4n) is 1.96. The minimum Gasteiger partial charge on any atom is -0.481 e. The van der Waals surface area contributed by atoms with Crippen LogP contribution in [0.25, 0.3) is 0 Å². The lowest BCUT2D eigenvalue weighted by Crippen LogP contribution is -2.31. The fraction of sp³-hybridized carbons (Fsp3) is 0.417. The molecule has 1 atom stereocenters. The molecule has 0 saturated carbocycles. The van der Waals surface area contributed by atoms with Crippen LogP contribution in [-0.4, -0.2) is 40.0 Å². The molecular weight excluding hydrogens is 220 g/mol. The van der Waals surface area contributed by atoms with E-state index in [2.05, 4.69) is 4.98 Å². The van der Waals surface area contributed by atoms with Gasteiger partial charge in [-0.05, 0) is 18.6 Å². The Morgan fingerprint density at radius 1 is 1.47 bits per heavy atom. The first-order valence-electron chi connectivity index (χ1n) is 5.57. The maximum atomic E-state index is 11.9. The highest BCUT2D eigenvalue weighted by atomic mass is 16.4. The van der Waals surface area contributed by atoms with Crippen LogP contribution in [0.1, 0.15) is 12.1 Å². The highest BCUT2D eigenvalue weighted by Crippen LogP contribution is 2.17. The second-order valence-electron chi connectivity index (χ2n) is 4.16. The van der Waals surface area contributed by atoms with Crippen molar-refractivity contribution < 1.29 is 14.7 Å². The molecule has 90 valence electrons. The van der Waals surface area contributed by atoms with E-state index in [0.29, 0.717) is 19.5 Å². The fourth-order valence-corrected chi connectivity index (χ4v) is 1.96. The summed E-state index contributed by atoms with van der Waals surface area (Å²) < 4.78 is 0. The topological polar surface area (TPSA) is 70.5 Å². The summed E-state index contributed by atoms with van der Waals surface area (Å²) in [5, 5.41) is 8.85. The molecular formula is C12H14N2O3. The molecule has 0 aliphatic carbocycles. The third kappa shape index (κ3) is 2.81. The van der Waals surface area contributed by atoms with Crippen LogP contribution in [-0.2, 0) is 16.0 Å². The van der Waals surface area contributed by atoms with Crippen molar-refractivity contribution in [2.75, 3.05) is 13.1 Å². The Kier molecular flexibility index (Phi) is 3.37. The molecule has 17 heavy (non-hydrogen) atoms. The second kappa shape index (κ2) is 4.95. The van der Waals surface area contributed by atoms with Crippen molar-refractivity contribution in [3.8, 4) is 0 Å². The summed E-state index contributed by atoms with van der Waals surface area (Å²) in [6.07, 6.45) is 2.43. The zero-order valence-corrected chi connectivity index (χ0v) is 9.37. The van der Waals surface area contributed by atoms with E-state index in [9.17, 15) is 9.59 Å². The molecule has 1 amide bonds. The van der Waals surface area contributed by atoms with E-state index >= 15 is 0 Å². The lowest BCUT2D eigenvalue weighted by Gasteiger charge is -2.15. The lowest BCUT2D eigenvalue weighted by atomic mass is 10.1. The molecule has 1 aromatic rings. The molecule has 0 radical (unpaired) electrons. The van der Waals surface area contributed by atoms with E-state index in [1.165, 1.54) is 0 Å². The number of hydrogen-bond acceptors (Lipinski definition) is 3. The number of carbonyl (C=O) groups is 2. The Morgan fingerprint density at radius 2 is 2.29 bits per heavy atom. The van der Waals surface area contributed by atoms with Crippen LogP contribution in [0.5, 0.6) is 0 Å². The number of nitrogens with zero attached hydrogens (tertiary/aromatic N) is 2. The highest BCUT2D eigenvalue weighted by molar-refractivity contribution is 5.80. The average Bonchev–Trinajstić information content (AvgIpc) is 2.79. The first-order valence-corrected chi connectivity index (χ1v) is 5.57. The quantitative estimate of drug-likeness (QED) is 0.829. The monoisotopic (exact) mass is 234 g/mol. The number of carboxylic acid groups (broad SMARTS) is 1. The van der Waals surface area contributed by atoms with Crippen LogP contribution in [0.4, 0.5) is 0 Å². The molecule has 1 aliphatic heterocycles. The largest absolute Gasteiger partial charge is 0.481 e. The summed E-state index contributed by atoms with van der Waals surface area (Å²) >= 11 is 0. The van der Waals surface area contributed by atoms with E-state index in [-0.39, 0.29) is 12.3 Å². The van der Waals surface area contributed by atoms with Crippen molar-refractivity contribution in [3.63, 3.8) is 0 Å². The number of carbonyl (C=O) groups excluding carboxylic acids is 1. The molecule has 1 fully saturated rings. The van der Waals surface area contributed by atoms with E-state index in [1.807, 2.05) is 6.07 Å². The van der Waals surface area contributed by atoms with Gasteiger partial charge in [0.1, 0.15) is 0 Å². The predicted molar refractivity (Wildman–Crippen MR) is 60.3 cm³/mol. The van der Waals surface area contributed by atoms with Crippen LogP contribution in [0.2, 0.25) is 0 Å². The van der Waals surface area contributed by atoms with Gasteiger partial charge in [-0.25, -0.2) is 0 Å². The Bertz CT molecular complexity index is 419. The van der Waals surface area contributed by atoms with Gasteiger partial charge in [0.2, 0.25) is 5.91 Å². The zero-order valence-electron chi connectivity index (χ0n) is 9.37. The molecule has 1 saturated heterocycles. The van der Waals surface area contributed by atoms with Gasteiger partial charge in [-0.3, -0.25) is 14.6 Å². The normalized spacial score (nSPS) is 19.3. The van der Waals surface area contributed by atoms with Crippen LogP contribution < -0.4 is 0 Å². The first-order chi connectivity index (χ1) is 8.16. The maximum absolute atomic E-state index is 11.9. The molecule has 5 nitrogen and oxygen atoms in total. The Labute approximate surface area is 99.1 Å². The highest BCUT2D eigenvalue weighted by Gasteiger charge is 2.30. The number of amides is 1. The summed E-state index contributed by atoms with van der Waals surface area (Å²) in [6.45, 7) is 0.851. The summed E-state index contributed by atoms with van der Waals surface area (Å²) in [7, 11) is 0. The van der Waals surface area contributed by atoms with Crippen molar-refractivity contribution in [1.29, 1.82) is 0 Å². The predicted octanol–water partition coefficient (Wildman–Crippen LogP) is 0.557. The molecule has 1 N–H and O–H groups in total. The van der Waals surface area contributed by atoms with Crippen molar-refractivity contribution in [1.82, 2.24) is 9.88 Å². The van der Waals surface area contributed by atoms with Gasteiger partial charge in [-0.2, -0.15) is 0 Å². The van der Waals surface area contributed by atoms with Gasteiger partial charge in [0.25, 0.3) is 0 Å². The molecule has 0 aromatic carbocycles. The summed E-state index contributed by atoms with van der Waals surface area (Å²) in [5.41, 5.74) is 0.719. The molecule has 2 rings (SSSR count). The van der Waals surface area contributed by atoms with E-state index in [1.54, 1.807) is 23.2 Å². The van der Waals surface area contributed by atoms with Gasteiger partial charge in [0.15, 0.2) is 0 Å². The zero-order chi connectivity index (χ0) is 12.3. The van der Waals surface area contributed by atoms with Crippen molar-refractivity contribution in [2.45, 2.75) is 12.8 Å². The van der Waals surface area contributed by atoms with E-state index < -0.39 is 11.9 Å². The number of pyridine rings is 1. The summed E-state index contributed by atoms with van der Waals surface area (Å²) in [4.78, 5) is 28.3. The van der Waals surface area contributed by atoms with Crippen molar-refractivity contribution in [3.05, 3.63) is 30.1 Å². The molecule has 0 bridgehead atoms. The number of rotatable bonds is 3. The van der Waals surface area contributed by atoms with E-state index in [0.717, 1.165) is 5.69 Å². The van der Waals surface area contributed by atoms with E-state index in [4.69, 9.17) is 5.11 Å². The Morgan fingerprint density at radius 3 is 2.88 bits per heavy atom. The number of aromatic nitrogens is 1. The van der Waals surface area contributed by atoms with Gasteiger partial charge in [0.05, 0.1) is 12.3 Å². The van der Waals surface area contributed by atoms with Gasteiger partial charge in [-0.1, -0.05) is 6.07 Å². The van der Waals surface area contributed by atoms with Crippen LogP contribution in [0.3, 0.4) is 0 Å². The Balaban J connectivity index is 1.92. The SMILES string of the molecule is O=C(O)C1CCN(C(=O)Cc2ccccn2)C1. The molecule has 1 aliphatic rings. The van der Waals surface area contributed by atoms with Gasteiger partial charge < -0.3 is 10.0 Å². The third-order valence-electron chi connectivity index (χ3n) is 2.95. The van der Waals surface area contributed by atoms with Gasteiger partial charge in [0, 0.05) is 25.0 Å². The molecule has 2 heterocycles. The molecule has 5 heteroatoms. The summed E-state index contributed by atoms with van der Waals surface area (Å²) in [5.74, 6) is -1.28. The third-order valence-corrected chi connectivity index (χ3v) is 2.95. The van der Waals surface area contributed by atoms with Crippen LogP contribution in [0, 0.1) is 5.92 Å². The van der Waals surface area contributed by atoms with Gasteiger partial charge in [-0.15, -0.1) is 0 Å². The van der Waals surface area contributed by atoms with Crippen LogP contribution >= 0.6 is 0 Å². The molecule has 0 spiro atoms. The number of carboxylic acids is 1. The van der Waals surface area contributed by atoms with Gasteiger partial charge >= 0.3 is 5.97 Å². The number of aliphatic carboxylic acids is 1. The standard InChI is InChI=1S/C12H14N2O3/c15-11(7-10-3-1-2-5-13-10)14-6-4-9(8-14)12(16)17/h1-3,5,9H,4,6-8H2,(H,16,17). The number of likely N-dealkylation sites (tertiary alicyclic amines) is 1. The van der Waals surface area contributed by atoms with Crippen LogP contribution in [0.15, 0.2) is 24.4 Å². The van der Waals surface area contributed by atoms with Crippen molar-refractivity contribution in [2.24, 2.45) is 5.92 Å².